The lowest BCUT2D eigenvalue weighted by molar-refractivity contribution is 0.0183. The summed E-state index contributed by atoms with van der Waals surface area (Å²) < 4.78 is 7.27. The SMILES string of the molecule is C=C1C=C(C2CCCN(C(=O)OC(C)(C)C)C2)Nc2ccnn21. The molecule has 1 aromatic rings. The van der Waals surface area contributed by atoms with Crippen LogP contribution in [0.1, 0.15) is 33.6 Å². The maximum atomic E-state index is 12.3. The van der Waals surface area contributed by atoms with Crippen molar-refractivity contribution in [3.05, 3.63) is 30.6 Å². The summed E-state index contributed by atoms with van der Waals surface area (Å²) in [6, 6.07) is 1.92. The maximum absolute atomic E-state index is 12.3. The molecule has 1 unspecified atom stereocenters. The van der Waals surface area contributed by atoms with Gasteiger partial charge in [-0.2, -0.15) is 5.10 Å². The van der Waals surface area contributed by atoms with Gasteiger partial charge >= 0.3 is 6.09 Å². The number of carbonyl (C=O) groups is 1. The minimum Gasteiger partial charge on any atom is -0.444 e. The van der Waals surface area contributed by atoms with Crippen molar-refractivity contribution in [1.82, 2.24) is 14.7 Å². The van der Waals surface area contributed by atoms with E-state index < -0.39 is 5.60 Å². The number of nitrogens with zero attached hydrogens (tertiary/aromatic N) is 3. The Hall–Kier alpha value is -2.24. The molecule has 0 aromatic carbocycles. The Bertz CT molecular complexity index is 654. The van der Waals surface area contributed by atoms with E-state index in [1.807, 2.05) is 32.9 Å². The van der Waals surface area contributed by atoms with Crippen molar-refractivity contribution in [2.75, 3.05) is 18.4 Å². The summed E-state index contributed by atoms with van der Waals surface area (Å²) in [6.45, 7) is 11.1. The number of hydrogen-bond acceptors (Lipinski definition) is 4. The Morgan fingerprint density at radius 2 is 2.26 bits per heavy atom. The van der Waals surface area contributed by atoms with Gasteiger partial charge in [0.15, 0.2) is 0 Å². The van der Waals surface area contributed by atoms with Gasteiger partial charge in [0.2, 0.25) is 0 Å². The molecule has 0 spiro atoms. The highest BCUT2D eigenvalue weighted by Gasteiger charge is 2.30. The van der Waals surface area contributed by atoms with Crippen LogP contribution in [0.2, 0.25) is 0 Å². The fourth-order valence-electron chi connectivity index (χ4n) is 2.99. The van der Waals surface area contributed by atoms with Gasteiger partial charge in [-0.1, -0.05) is 6.58 Å². The van der Waals surface area contributed by atoms with Crippen LogP contribution in [-0.2, 0) is 4.74 Å². The number of carbonyl (C=O) groups excluding carboxylic acids is 1. The lowest BCUT2D eigenvalue weighted by Gasteiger charge is -2.36. The molecule has 6 nitrogen and oxygen atoms in total. The van der Waals surface area contributed by atoms with Crippen LogP contribution < -0.4 is 5.32 Å². The van der Waals surface area contributed by atoms with Crippen LogP contribution in [0.4, 0.5) is 10.6 Å². The van der Waals surface area contributed by atoms with Crippen LogP contribution in [0.15, 0.2) is 30.6 Å². The molecule has 0 saturated carbocycles. The van der Waals surface area contributed by atoms with Crippen molar-refractivity contribution in [2.45, 2.75) is 39.2 Å². The number of hydrogen-bond donors (Lipinski definition) is 1. The first-order valence-corrected chi connectivity index (χ1v) is 8.03. The van der Waals surface area contributed by atoms with Crippen LogP contribution in [0.5, 0.6) is 0 Å². The molecule has 3 heterocycles. The van der Waals surface area contributed by atoms with Crippen LogP contribution >= 0.6 is 0 Å². The van der Waals surface area contributed by atoms with Gasteiger partial charge in [0.05, 0.1) is 11.9 Å². The van der Waals surface area contributed by atoms with Gasteiger partial charge in [-0.3, -0.25) is 0 Å². The fraction of sp³-hybridized carbons (Fsp3) is 0.529. The summed E-state index contributed by atoms with van der Waals surface area (Å²) in [6.07, 6.45) is 5.54. The highest BCUT2D eigenvalue weighted by molar-refractivity contribution is 5.69. The molecule has 0 bridgehead atoms. The lowest BCUT2D eigenvalue weighted by Crippen LogP contribution is -2.44. The quantitative estimate of drug-likeness (QED) is 0.863. The van der Waals surface area contributed by atoms with Crippen LogP contribution in [0, 0.1) is 5.92 Å². The average molecular weight is 316 g/mol. The molecule has 6 heteroatoms. The molecule has 1 saturated heterocycles. The Morgan fingerprint density at radius 3 is 3.00 bits per heavy atom. The van der Waals surface area contributed by atoms with E-state index in [2.05, 4.69) is 17.0 Å². The Balaban J connectivity index is 1.70. The summed E-state index contributed by atoms with van der Waals surface area (Å²) in [5, 5.41) is 7.63. The third kappa shape index (κ3) is 3.41. The molecule has 1 amide bonds. The van der Waals surface area contributed by atoms with Gasteiger partial charge in [-0.25, -0.2) is 9.48 Å². The number of ether oxygens (including phenoxy) is 1. The number of piperidine rings is 1. The van der Waals surface area contributed by atoms with Gasteiger partial charge < -0.3 is 15.0 Å². The first-order valence-electron chi connectivity index (χ1n) is 8.03. The number of nitrogens with one attached hydrogen (secondary N) is 1. The summed E-state index contributed by atoms with van der Waals surface area (Å²) >= 11 is 0. The zero-order valence-electron chi connectivity index (χ0n) is 14.0. The Labute approximate surface area is 136 Å². The molecule has 1 atom stereocenters. The molecule has 0 radical (unpaired) electrons. The third-order valence-corrected chi connectivity index (χ3v) is 4.02. The number of aromatic nitrogens is 2. The topological polar surface area (TPSA) is 59.4 Å². The number of allylic oxidation sites excluding steroid dienone is 2. The maximum Gasteiger partial charge on any atom is 0.410 e. The van der Waals surface area contributed by atoms with Crippen molar-refractivity contribution in [1.29, 1.82) is 0 Å². The predicted molar refractivity (Wildman–Crippen MR) is 89.8 cm³/mol. The van der Waals surface area contributed by atoms with Crippen molar-refractivity contribution < 1.29 is 9.53 Å². The standard InChI is InChI=1S/C17H24N4O2/c1-12-10-14(19-15-7-8-18-21(12)15)13-6-5-9-20(11-13)16(22)23-17(2,3)4/h7-8,10,13,19H,1,5-6,9,11H2,2-4H3. The minimum absolute atomic E-state index is 0.234. The van der Waals surface area contributed by atoms with E-state index in [0.717, 1.165) is 36.6 Å². The summed E-state index contributed by atoms with van der Waals surface area (Å²) in [5.74, 6) is 1.18. The smallest absolute Gasteiger partial charge is 0.410 e. The second-order valence-corrected chi connectivity index (χ2v) is 7.11. The van der Waals surface area contributed by atoms with Crippen molar-refractivity contribution in [3.63, 3.8) is 0 Å². The van der Waals surface area contributed by atoms with Gasteiger partial charge in [-0.15, -0.1) is 0 Å². The number of fused-ring (bicyclic) bond motifs is 1. The summed E-state index contributed by atoms with van der Waals surface area (Å²) in [7, 11) is 0. The molecule has 23 heavy (non-hydrogen) atoms. The van der Waals surface area contributed by atoms with E-state index in [-0.39, 0.29) is 12.0 Å². The summed E-state index contributed by atoms with van der Waals surface area (Å²) in [5.41, 5.74) is 1.47. The van der Waals surface area contributed by atoms with Gasteiger partial charge in [0.1, 0.15) is 11.4 Å². The molecule has 124 valence electrons. The van der Waals surface area contributed by atoms with E-state index in [1.165, 1.54) is 0 Å². The highest BCUT2D eigenvalue weighted by Crippen LogP contribution is 2.31. The third-order valence-electron chi connectivity index (χ3n) is 4.02. The largest absolute Gasteiger partial charge is 0.444 e. The molecule has 3 rings (SSSR count). The Kier molecular flexibility index (Phi) is 3.92. The molecule has 2 aliphatic heterocycles. The molecule has 1 N–H and O–H groups in total. The number of likely N-dealkylation sites (tertiary alicyclic amines) is 1. The first-order chi connectivity index (χ1) is 10.8. The fourth-order valence-corrected chi connectivity index (χ4v) is 2.99. The molecule has 1 aromatic heterocycles. The highest BCUT2D eigenvalue weighted by atomic mass is 16.6. The molecule has 2 aliphatic rings. The van der Waals surface area contributed by atoms with Crippen LogP contribution in [0.25, 0.3) is 5.70 Å². The molecular formula is C17H24N4O2. The van der Waals surface area contributed by atoms with Gasteiger partial charge in [0, 0.05) is 30.8 Å². The molecule has 0 aliphatic carbocycles. The van der Waals surface area contributed by atoms with Gasteiger partial charge in [-0.05, 0) is 39.7 Å². The van der Waals surface area contributed by atoms with Crippen molar-refractivity contribution in [3.8, 4) is 0 Å². The summed E-state index contributed by atoms with van der Waals surface area (Å²) in [4.78, 5) is 14.1. The average Bonchev–Trinajstić information content (AvgIpc) is 2.94. The molecule has 1 fully saturated rings. The van der Waals surface area contributed by atoms with E-state index in [0.29, 0.717) is 6.54 Å². The number of amides is 1. The Morgan fingerprint density at radius 1 is 1.48 bits per heavy atom. The van der Waals surface area contributed by atoms with Gasteiger partial charge in [0.25, 0.3) is 0 Å². The zero-order valence-corrected chi connectivity index (χ0v) is 14.0. The predicted octanol–water partition coefficient (Wildman–Crippen LogP) is 3.31. The van der Waals surface area contributed by atoms with E-state index >= 15 is 0 Å². The van der Waals surface area contributed by atoms with Crippen molar-refractivity contribution >= 4 is 17.6 Å². The number of anilines is 1. The zero-order chi connectivity index (χ0) is 16.6. The van der Waals surface area contributed by atoms with Crippen LogP contribution in [-0.4, -0.2) is 39.5 Å². The van der Waals surface area contributed by atoms with Crippen molar-refractivity contribution in [2.24, 2.45) is 5.92 Å². The lowest BCUT2D eigenvalue weighted by atomic mass is 9.93. The normalized spacial score (nSPS) is 21.3. The minimum atomic E-state index is -0.465. The first kappa shape index (κ1) is 15.6. The van der Waals surface area contributed by atoms with E-state index in [9.17, 15) is 4.79 Å². The molecular weight excluding hydrogens is 292 g/mol. The number of rotatable bonds is 1. The second-order valence-electron chi connectivity index (χ2n) is 7.11. The second kappa shape index (κ2) is 5.76. The van der Waals surface area contributed by atoms with E-state index in [1.54, 1.807) is 15.8 Å². The van der Waals surface area contributed by atoms with Crippen LogP contribution in [0.3, 0.4) is 0 Å². The van der Waals surface area contributed by atoms with E-state index in [4.69, 9.17) is 4.74 Å². The monoisotopic (exact) mass is 316 g/mol.